The molecule has 0 radical (unpaired) electrons. The van der Waals surface area contributed by atoms with Crippen molar-refractivity contribution in [3.05, 3.63) is 0 Å². The SMILES string of the molecule is CCCCCCCCOC(=O)C(C)NC(=O)C(NC(=O)OC)C(C)CC. The number of hydrogen-bond acceptors (Lipinski definition) is 5. The number of hydrogen-bond donors (Lipinski definition) is 2. The molecule has 7 nitrogen and oxygen atoms in total. The molecule has 2 N–H and O–H groups in total. The van der Waals surface area contributed by atoms with Crippen LogP contribution in [0.1, 0.15) is 72.6 Å². The molecule has 0 spiro atoms. The standard InChI is InChI=1S/C19H36N2O5/c1-6-8-9-10-11-12-13-26-18(23)15(4)20-17(22)16(14(3)7-2)21-19(24)25-5/h14-16H,6-13H2,1-5H3,(H,20,22)(H,21,24). The van der Waals surface area contributed by atoms with Crippen molar-refractivity contribution in [1.82, 2.24) is 10.6 Å². The Morgan fingerprint density at radius 2 is 1.54 bits per heavy atom. The number of esters is 1. The molecule has 7 heteroatoms. The molecular weight excluding hydrogens is 336 g/mol. The number of alkyl carbamates (subject to hydrolysis) is 1. The third-order valence-electron chi connectivity index (χ3n) is 4.41. The van der Waals surface area contributed by atoms with Gasteiger partial charge < -0.3 is 20.1 Å². The van der Waals surface area contributed by atoms with Crippen LogP contribution in [0.4, 0.5) is 4.79 Å². The Morgan fingerprint density at radius 3 is 2.12 bits per heavy atom. The minimum absolute atomic E-state index is 0.0968. The maximum Gasteiger partial charge on any atom is 0.407 e. The summed E-state index contributed by atoms with van der Waals surface area (Å²) in [6.07, 6.45) is 6.67. The van der Waals surface area contributed by atoms with E-state index >= 15 is 0 Å². The minimum Gasteiger partial charge on any atom is -0.464 e. The Bertz CT molecular complexity index is 428. The van der Waals surface area contributed by atoms with Gasteiger partial charge in [0.25, 0.3) is 0 Å². The van der Waals surface area contributed by atoms with Gasteiger partial charge in [0.1, 0.15) is 12.1 Å². The van der Waals surface area contributed by atoms with Crippen LogP contribution in [0.3, 0.4) is 0 Å². The number of unbranched alkanes of at least 4 members (excludes halogenated alkanes) is 5. The van der Waals surface area contributed by atoms with Gasteiger partial charge in [-0.2, -0.15) is 0 Å². The number of carbonyl (C=O) groups excluding carboxylic acids is 3. The van der Waals surface area contributed by atoms with Crippen molar-refractivity contribution in [3.63, 3.8) is 0 Å². The molecule has 0 aromatic rings. The zero-order valence-electron chi connectivity index (χ0n) is 16.9. The Balaban J connectivity index is 4.30. The molecule has 0 saturated carbocycles. The van der Waals surface area contributed by atoms with Crippen molar-refractivity contribution in [2.45, 2.75) is 84.7 Å². The lowest BCUT2D eigenvalue weighted by Gasteiger charge is -2.24. The molecule has 0 aromatic carbocycles. The van der Waals surface area contributed by atoms with Gasteiger partial charge in [-0.1, -0.05) is 59.3 Å². The summed E-state index contributed by atoms with van der Waals surface area (Å²) in [5.74, 6) is -0.984. The van der Waals surface area contributed by atoms with Gasteiger partial charge in [0.15, 0.2) is 0 Å². The van der Waals surface area contributed by atoms with Gasteiger partial charge in [-0.15, -0.1) is 0 Å². The van der Waals surface area contributed by atoms with E-state index in [1.165, 1.54) is 26.4 Å². The second-order valence-corrected chi connectivity index (χ2v) is 6.66. The highest BCUT2D eigenvalue weighted by atomic mass is 16.5. The summed E-state index contributed by atoms with van der Waals surface area (Å²) in [4.78, 5) is 35.8. The molecule has 0 rings (SSSR count). The number of ether oxygens (including phenoxy) is 2. The first-order chi connectivity index (χ1) is 12.4. The van der Waals surface area contributed by atoms with E-state index in [-0.39, 0.29) is 5.92 Å². The van der Waals surface area contributed by atoms with Crippen LogP contribution < -0.4 is 10.6 Å². The summed E-state index contributed by atoms with van der Waals surface area (Å²) in [5, 5.41) is 5.12. The van der Waals surface area contributed by atoms with Gasteiger partial charge in [-0.3, -0.25) is 4.79 Å². The molecule has 26 heavy (non-hydrogen) atoms. The third kappa shape index (κ3) is 10.3. The van der Waals surface area contributed by atoms with Crippen LogP contribution in [0.2, 0.25) is 0 Å². The van der Waals surface area contributed by atoms with E-state index in [1.807, 2.05) is 13.8 Å². The van der Waals surface area contributed by atoms with Crippen molar-refractivity contribution >= 4 is 18.0 Å². The molecule has 0 bridgehead atoms. The van der Waals surface area contributed by atoms with E-state index in [1.54, 1.807) is 6.92 Å². The summed E-state index contributed by atoms with van der Waals surface area (Å²) in [6.45, 7) is 7.88. The lowest BCUT2D eigenvalue weighted by atomic mass is 9.98. The van der Waals surface area contributed by atoms with Crippen LogP contribution >= 0.6 is 0 Å². The molecule has 0 aliphatic carbocycles. The maximum atomic E-state index is 12.4. The molecule has 0 aliphatic rings. The van der Waals surface area contributed by atoms with Gasteiger partial charge in [0.2, 0.25) is 5.91 Å². The van der Waals surface area contributed by atoms with Crippen molar-refractivity contribution in [2.75, 3.05) is 13.7 Å². The number of methoxy groups -OCH3 is 1. The number of carbonyl (C=O) groups is 3. The third-order valence-corrected chi connectivity index (χ3v) is 4.41. The van der Waals surface area contributed by atoms with E-state index in [2.05, 4.69) is 22.3 Å². The second kappa shape index (κ2) is 14.4. The van der Waals surface area contributed by atoms with Gasteiger partial charge in [0, 0.05) is 0 Å². The van der Waals surface area contributed by atoms with Crippen LogP contribution in [0, 0.1) is 5.92 Å². The topological polar surface area (TPSA) is 93.7 Å². The van der Waals surface area contributed by atoms with E-state index in [0.717, 1.165) is 19.3 Å². The average molecular weight is 373 g/mol. The molecule has 0 aromatic heterocycles. The molecule has 0 heterocycles. The van der Waals surface area contributed by atoms with E-state index < -0.39 is 30.1 Å². The van der Waals surface area contributed by atoms with Gasteiger partial charge in [0.05, 0.1) is 13.7 Å². The van der Waals surface area contributed by atoms with Crippen molar-refractivity contribution in [2.24, 2.45) is 5.92 Å². The number of nitrogens with one attached hydrogen (secondary N) is 2. The first-order valence-electron chi connectivity index (χ1n) is 9.68. The summed E-state index contributed by atoms with van der Waals surface area (Å²) < 4.78 is 9.77. The second-order valence-electron chi connectivity index (χ2n) is 6.66. The van der Waals surface area contributed by atoms with Crippen molar-refractivity contribution in [3.8, 4) is 0 Å². The Hall–Kier alpha value is -1.79. The number of amides is 2. The van der Waals surface area contributed by atoms with E-state index in [9.17, 15) is 14.4 Å². The Labute approximate surface area is 157 Å². The minimum atomic E-state index is -0.770. The highest BCUT2D eigenvalue weighted by molar-refractivity contribution is 5.89. The fourth-order valence-corrected chi connectivity index (χ4v) is 2.43. The Morgan fingerprint density at radius 1 is 0.923 bits per heavy atom. The van der Waals surface area contributed by atoms with Crippen molar-refractivity contribution < 1.29 is 23.9 Å². The van der Waals surface area contributed by atoms with E-state index in [0.29, 0.717) is 13.0 Å². The zero-order valence-corrected chi connectivity index (χ0v) is 16.9. The fourth-order valence-electron chi connectivity index (χ4n) is 2.43. The molecule has 152 valence electrons. The van der Waals surface area contributed by atoms with Crippen LogP contribution in [-0.2, 0) is 19.1 Å². The van der Waals surface area contributed by atoms with Gasteiger partial charge in [-0.25, -0.2) is 9.59 Å². The van der Waals surface area contributed by atoms with Crippen LogP contribution in [0.15, 0.2) is 0 Å². The predicted molar refractivity (Wildman–Crippen MR) is 101 cm³/mol. The lowest BCUT2D eigenvalue weighted by Crippen LogP contribution is -2.53. The first-order valence-corrected chi connectivity index (χ1v) is 9.68. The highest BCUT2D eigenvalue weighted by Gasteiger charge is 2.28. The molecule has 3 atom stereocenters. The molecule has 0 saturated heterocycles. The monoisotopic (exact) mass is 372 g/mol. The average Bonchev–Trinajstić information content (AvgIpc) is 2.63. The normalized spacial score (nSPS) is 14.0. The predicted octanol–water partition coefficient (Wildman–Crippen LogP) is 3.17. The van der Waals surface area contributed by atoms with E-state index in [4.69, 9.17) is 4.74 Å². The molecule has 3 unspecified atom stereocenters. The van der Waals surface area contributed by atoms with Crippen LogP contribution in [0.5, 0.6) is 0 Å². The smallest absolute Gasteiger partial charge is 0.407 e. The highest BCUT2D eigenvalue weighted by Crippen LogP contribution is 2.09. The lowest BCUT2D eigenvalue weighted by molar-refractivity contribution is -0.147. The van der Waals surface area contributed by atoms with Gasteiger partial charge >= 0.3 is 12.1 Å². The Kier molecular flexibility index (Phi) is 13.4. The van der Waals surface area contributed by atoms with Crippen molar-refractivity contribution in [1.29, 1.82) is 0 Å². The fraction of sp³-hybridized carbons (Fsp3) is 0.842. The molecule has 0 aliphatic heterocycles. The number of rotatable bonds is 13. The summed E-state index contributed by atoms with van der Waals surface area (Å²) in [5.41, 5.74) is 0. The molecule has 2 amide bonds. The maximum absolute atomic E-state index is 12.4. The quantitative estimate of drug-likeness (QED) is 0.382. The van der Waals surface area contributed by atoms with Crippen LogP contribution in [-0.4, -0.2) is 43.8 Å². The molecule has 0 fully saturated rings. The van der Waals surface area contributed by atoms with Crippen LogP contribution in [0.25, 0.3) is 0 Å². The van der Waals surface area contributed by atoms with Gasteiger partial charge in [-0.05, 0) is 19.3 Å². The first kappa shape index (κ1) is 24.2. The summed E-state index contributed by atoms with van der Waals surface area (Å²) >= 11 is 0. The zero-order chi connectivity index (χ0) is 19.9. The molecular formula is C19H36N2O5. The summed E-state index contributed by atoms with van der Waals surface area (Å²) in [7, 11) is 1.24. The summed E-state index contributed by atoms with van der Waals surface area (Å²) in [6, 6.07) is -1.53. The largest absolute Gasteiger partial charge is 0.464 e.